The summed E-state index contributed by atoms with van der Waals surface area (Å²) in [4.78, 5) is 0. The molecule has 0 aromatic heterocycles. The zero-order chi connectivity index (χ0) is 15.9. The minimum atomic E-state index is 0.663. The number of benzene rings is 2. The number of hydrogen-bond donors (Lipinski definition) is 1. The quantitative estimate of drug-likeness (QED) is 0.893. The van der Waals surface area contributed by atoms with Crippen LogP contribution in [0.4, 0.5) is 5.69 Å². The number of aryl methyl sites for hydroxylation is 2. The first kappa shape index (κ1) is 16.2. The van der Waals surface area contributed by atoms with Gasteiger partial charge < -0.3 is 14.8 Å². The van der Waals surface area contributed by atoms with Crippen LogP contribution in [0.5, 0.6) is 11.5 Å². The number of para-hydroxylation sites is 1. The maximum Gasteiger partial charge on any atom is 0.164 e. The highest BCUT2D eigenvalue weighted by Crippen LogP contribution is 2.32. The number of rotatable bonds is 2. The fraction of sp³-hybridized carbons (Fsp3) is 0.368. The molecule has 0 atom stereocenters. The predicted molar refractivity (Wildman–Crippen MR) is 92.3 cm³/mol. The van der Waals surface area contributed by atoms with E-state index in [1.54, 1.807) is 0 Å². The summed E-state index contributed by atoms with van der Waals surface area (Å²) in [6.07, 6.45) is 1.10. The first-order valence-electron chi connectivity index (χ1n) is 7.78. The molecule has 0 unspecified atom stereocenters. The van der Waals surface area contributed by atoms with E-state index in [4.69, 9.17) is 9.47 Å². The molecular weight excluding hydrogens is 274 g/mol. The topological polar surface area (TPSA) is 30.5 Å². The molecule has 3 nitrogen and oxygen atoms in total. The molecule has 0 amide bonds. The van der Waals surface area contributed by atoms with Crippen LogP contribution in [0.1, 0.15) is 23.6 Å². The summed E-state index contributed by atoms with van der Waals surface area (Å²) in [6.45, 7) is 7.69. The third kappa shape index (κ3) is 3.73. The summed E-state index contributed by atoms with van der Waals surface area (Å²) in [6, 6.07) is 12.3. The Labute approximate surface area is 133 Å². The highest BCUT2D eigenvalue weighted by molar-refractivity contribution is 5.53. The smallest absolute Gasteiger partial charge is 0.164 e. The van der Waals surface area contributed by atoms with Crippen LogP contribution >= 0.6 is 0 Å². The van der Waals surface area contributed by atoms with Crippen LogP contribution in [-0.4, -0.2) is 20.3 Å². The van der Waals surface area contributed by atoms with E-state index in [2.05, 4.69) is 37.4 Å². The second-order valence-corrected chi connectivity index (χ2v) is 5.30. The van der Waals surface area contributed by atoms with E-state index in [-0.39, 0.29) is 0 Å². The molecule has 3 rings (SSSR count). The predicted octanol–water partition coefficient (Wildman–Crippen LogP) is 4.37. The molecule has 1 aliphatic rings. The summed E-state index contributed by atoms with van der Waals surface area (Å²) in [5.41, 5.74) is 5.20. The molecule has 0 fully saturated rings. The molecule has 0 saturated carbocycles. The van der Waals surface area contributed by atoms with Crippen molar-refractivity contribution in [1.29, 1.82) is 0 Å². The van der Waals surface area contributed by atoms with Crippen molar-refractivity contribution in [1.82, 2.24) is 0 Å². The van der Waals surface area contributed by atoms with Gasteiger partial charge in [-0.3, -0.25) is 0 Å². The summed E-state index contributed by atoms with van der Waals surface area (Å²) < 4.78 is 10.8. The monoisotopic (exact) mass is 299 g/mol. The van der Waals surface area contributed by atoms with Crippen LogP contribution in [0.15, 0.2) is 36.4 Å². The lowest BCUT2D eigenvalue weighted by Crippen LogP contribution is -2.15. The van der Waals surface area contributed by atoms with E-state index in [0.29, 0.717) is 13.2 Å². The fourth-order valence-electron chi connectivity index (χ4n) is 2.63. The van der Waals surface area contributed by atoms with Crippen molar-refractivity contribution < 1.29 is 9.47 Å². The van der Waals surface area contributed by atoms with E-state index in [0.717, 1.165) is 23.5 Å². The molecule has 0 aliphatic carbocycles. The van der Waals surface area contributed by atoms with Crippen molar-refractivity contribution in [2.75, 3.05) is 25.6 Å². The lowest BCUT2D eigenvalue weighted by Gasteiger charge is -2.19. The Bertz CT molecular complexity index is 585. The zero-order valence-corrected chi connectivity index (χ0v) is 13.9. The van der Waals surface area contributed by atoms with Gasteiger partial charge in [0.05, 0.1) is 0 Å². The highest BCUT2D eigenvalue weighted by Gasteiger charge is 2.11. The Kier molecular flexibility index (Phi) is 5.70. The Morgan fingerprint density at radius 1 is 0.955 bits per heavy atom. The lowest BCUT2D eigenvalue weighted by molar-refractivity contribution is 0.170. The summed E-state index contributed by atoms with van der Waals surface area (Å²) in [7, 11) is 1.97. The summed E-state index contributed by atoms with van der Waals surface area (Å²) in [5.74, 6) is 1.77. The van der Waals surface area contributed by atoms with Gasteiger partial charge in [0.1, 0.15) is 13.2 Å². The Balaban J connectivity index is 0.000000160. The van der Waals surface area contributed by atoms with Gasteiger partial charge >= 0.3 is 0 Å². The average molecular weight is 299 g/mol. The molecule has 3 heteroatoms. The van der Waals surface area contributed by atoms with Gasteiger partial charge in [-0.2, -0.15) is 0 Å². The first-order valence-corrected chi connectivity index (χ1v) is 7.78. The van der Waals surface area contributed by atoms with Crippen molar-refractivity contribution in [3.8, 4) is 11.5 Å². The van der Waals surface area contributed by atoms with Gasteiger partial charge in [-0.1, -0.05) is 31.2 Å². The van der Waals surface area contributed by atoms with Gasteiger partial charge in [0.25, 0.3) is 0 Å². The van der Waals surface area contributed by atoms with Crippen LogP contribution in [0, 0.1) is 13.8 Å². The van der Waals surface area contributed by atoms with Crippen LogP contribution in [0.25, 0.3) is 0 Å². The largest absolute Gasteiger partial charge is 0.486 e. The molecule has 0 bridgehead atoms. The molecule has 0 spiro atoms. The van der Waals surface area contributed by atoms with Gasteiger partial charge in [-0.05, 0) is 49.1 Å². The molecule has 2 aromatic carbocycles. The minimum Gasteiger partial charge on any atom is -0.486 e. The normalized spacial score (nSPS) is 12.2. The Hall–Kier alpha value is -2.16. The number of anilines is 1. The van der Waals surface area contributed by atoms with Gasteiger partial charge in [-0.15, -0.1) is 0 Å². The Morgan fingerprint density at radius 3 is 2.27 bits per heavy atom. The van der Waals surface area contributed by atoms with Crippen LogP contribution in [0.3, 0.4) is 0 Å². The van der Waals surface area contributed by atoms with Crippen molar-refractivity contribution >= 4 is 5.69 Å². The zero-order valence-electron chi connectivity index (χ0n) is 13.9. The summed E-state index contributed by atoms with van der Waals surface area (Å²) >= 11 is 0. The maximum atomic E-state index is 5.43. The number of hydrogen-bond acceptors (Lipinski definition) is 3. The SMILES string of the molecule is CCc1c(C)cccc1NC.Cc1cccc2c1OCCO2. The van der Waals surface area contributed by atoms with Crippen molar-refractivity contribution in [3.05, 3.63) is 53.1 Å². The van der Waals surface area contributed by atoms with Crippen LogP contribution < -0.4 is 14.8 Å². The fourth-order valence-corrected chi connectivity index (χ4v) is 2.63. The number of fused-ring (bicyclic) bond motifs is 1. The second-order valence-electron chi connectivity index (χ2n) is 5.30. The second kappa shape index (κ2) is 7.74. The molecular formula is C19H25NO2. The molecule has 0 radical (unpaired) electrons. The van der Waals surface area contributed by atoms with Crippen molar-refractivity contribution in [2.24, 2.45) is 0 Å². The first-order chi connectivity index (χ1) is 10.7. The third-order valence-corrected chi connectivity index (χ3v) is 3.80. The minimum absolute atomic E-state index is 0.663. The molecule has 1 aliphatic heterocycles. The number of nitrogens with one attached hydrogen (secondary N) is 1. The molecule has 1 heterocycles. The molecule has 0 saturated heterocycles. The highest BCUT2D eigenvalue weighted by atomic mass is 16.6. The van der Waals surface area contributed by atoms with Gasteiger partial charge in [0.15, 0.2) is 11.5 Å². The van der Waals surface area contributed by atoms with Crippen LogP contribution in [0.2, 0.25) is 0 Å². The molecule has 118 valence electrons. The van der Waals surface area contributed by atoms with Gasteiger partial charge in [-0.25, -0.2) is 0 Å². The van der Waals surface area contributed by atoms with E-state index >= 15 is 0 Å². The van der Waals surface area contributed by atoms with Gasteiger partial charge in [0.2, 0.25) is 0 Å². The lowest BCUT2D eigenvalue weighted by atomic mass is 10.0. The van der Waals surface area contributed by atoms with Crippen LogP contribution in [-0.2, 0) is 6.42 Å². The standard InChI is InChI=1S/C10H15N.C9H10O2/c1-4-9-8(2)6-5-7-10(9)11-3;1-7-3-2-4-8-9(7)11-6-5-10-8/h5-7,11H,4H2,1-3H3;2-4H,5-6H2,1H3. The Morgan fingerprint density at radius 2 is 1.64 bits per heavy atom. The molecule has 22 heavy (non-hydrogen) atoms. The third-order valence-electron chi connectivity index (χ3n) is 3.80. The summed E-state index contributed by atoms with van der Waals surface area (Å²) in [5, 5.41) is 3.19. The molecule has 2 aromatic rings. The van der Waals surface area contributed by atoms with Crippen molar-refractivity contribution in [3.63, 3.8) is 0 Å². The van der Waals surface area contributed by atoms with E-state index in [9.17, 15) is 0 Å². The van der Waals surface area contributed by atoms with E-state index in [1.165, 1.54) is 16.8 Å². The molecule has 1 N–H and O–H groups in total. The van der Waals surface area contributed by atoms with E-state index < -0.39 is 0 Å². The van der Waals surface area contributed by atoms with Gasteiger partial charge in [0, 0.05) is 12.7 Å². The van der Waals surface area contributed by atoms with E-state index in [1.807, 2.05) is 32.2 Å². The number of ether oxygens (including phenoxy) is 2. The maximum absolute atomic E-state index is 5.43. The average Bonchev–Trinajstić information content (AvgIpc) is 2.55. The van der Waals surface area contributed by atoms with Crippen molar-refractivity contribution in [2.45, 2.75) is 27.2 Å².